The van der Waals surface area contributed by atoms with E-state index in [-0.39, 0.29) is 35.2 Å². The van der Waals surface area contributed by atoms with Gasteiger partial charge in [-0.3, -0.25) is 9.59 Å². The lowest BCUT2D eigenvalue weighted by Crippen LogP contribution is -2.65. The van der Waals surface area contributed by atoms with Gasteiger partial charge in [-0.1, -0.05) is 12.8 Å². The number of amides is 2. The fourth-order valence-corrected chi connectivity index (χ4v) is 5.22. The average molecular weight is 334 g/mol. The zero-order valence-electron chi connectivity index (χ0n) is 14.8. The third-order valence-corrected chi connectivity index (χ3v) is 6.77. The molecule has 0 radical (unpaired) electrons. The number of rotatable bonds is 5. The second-order valence-electron chi connectivity index (χ2n) is 8.15. The van der Waals surface area contributed by atoms with Gasteiger partial charge in [0.2, 0.25) is 11.8 Å². The third kappa shape index (κ3) is 2.65. The Hall–Kier alpha value is -1.10. The van der Waals surface area contributed by atoms with E-state index in [4.69, 9.17) is 4.74 Å². The molecule has 3 aliphatic carbocycles. The zero-order chi connectivity index (χ0) is 16.7. The molecule has 3 atom stereocenters. The first-order valence-corrected chi connectivity index (χ1v) is 9.88. The van der Waals surface area contributed by atoms with Crippen LogP contribution in [-0.2, 0) is 14.3 Å². The maximum absolute atomic E-state index is 12.9. The number of nitrogens with one attached hydrogen (secondary N) is 1. The standard InChI is InChI=1S/C19H30N2O3/c1-2-24-16-12-15(19(16)9-3-4-10-19)20-17(22)14-6-5-11-21(14)18(23)13-7-8-13/h13-16H,2-12H2,1H3,(H,20,22)/t14-,15+,16-/m1/s1. The first-order valence-electron chi connectivity index (χ1n) is 9.88. The van der Waals surface area contributed by atoms with Crippen molar-refractivity contribution in [2.75, 3.05) is 13.2 Å². The van der Waals surface area contributed by atoms with Crippen molar-refractivity contribution in [2.45, 2.75) is 82.9 Å². The van der Waals surface area contributed by atoms with E-state index in [0.717, 1.165) is 58.1 Å². The number of carbonyl (C=O) groups is 2. The molecule has 1 aliphatic heterocycles. The molecule has 0 aromatic carbocycles. The van der Waals surface area contributed by atoms with Gasteiger partial charge >= 0.3 is 0 Å². The topological polar surface area (TPSA) is 58.6 Å². The fourth-order valence-electron chi connectivity index (χ4n) is 5.22. The van der Waals surface area contributed by atoms with E-state index in [1.54, 1.807) is 0 Å². The lowest BCUT2D eigenvalue weighted by Gasteiger charge is -2.54. The Morgan fingerprint density at radius 1 is 1.17 bits per heavy atom. The SMILES string of the molecule is CCO[C@@H]1C[C@H](NC(=O)[C@H]2CCCN2C(=O)C2CC2)C12CCCC2. The second-order valence-corrected chi connectivity index (χ2v) is 8.15. The smallest absolute Gasteiger partial charge is 0.243 e. The molecule has 5 nitrogen and oxygen atoms in total. The van der Waals surface area contributed by atoms with E-state index < -0.39 is 0 Å². The number of nitrogens with zero attached hydrogens (tertiary/aromatic N) is 1. The van der Waals surface area contributed by atoms with Crippen molar-refractivity contribution in [3.05, 3.63) is 0 Å². The Balaban J connectivity index is 1.39. The fraction of sp³-hybridized carbons (Fsp3) is 0.895. The molecule has 3 saturated carbocycles. The van der Waals surface area contributed by atoms with Crippen LogP contribution < -0.4 is 5.32 Å². The van der Waals surface area contributed by atoms with E-state index in [1.807, 2.05) is 4.90 Å². The molecule has 2 amide bonds. The van der Waals surface area contributed by atoms with Gasteiger partial charge < -0.3 is 15.0 Å². The molecule has 5 heteroatoms. The highest BCUT2D eigenvalue weighted by Crippen LogP contribution is 2.54. The summed E-state index contributed by atoms with van der Waals surface area (Å²) in [5.74, 6) is 0.488. The van der Waals surface area contributed by atoms with Crippen LogP contribution in [0.2, 0.25) is 0 Å². The Morgan fingerprint density at radius 2 is 1.92 bits per heavy atom. The summed E-state index contributed by atoms with van der Waals surface area (Å²) < 4.78 is 5.94. The Morgan fingerprint density at radius 3 is 2.58 bits per heavy atom. The monoisotopic (exact) mass is 334 g/mol. The van der Waals surface area contributed by atoms with Crippen molar-refractivity contribution in [3.8, 4) is 0 Å². The van der Waals surface area contributed by atoms with Gasteiger partial charge in [0, 0.05) is 30.5 Å². The quantitative estimate of drug-likeness (QED) is 0.839. The molecule has 0 unspecified atom stereocenters. The summed E-state index contributed by atoms with van der Waals surface area (Å²) in [6.07, 6.45) is 9.84. The van der Waals surface area contributed by atoms with Gasteiger partial charge in [-0.25, -0.2) is 0 Å². The highest BCUT2D eigenvalue weighted by molar-refractivity contribution is 5.90. The third-order valence-electron chi connectivity index (χ3n) is 6.77. The van der Waals surface area contributed by atoms with E-state index in [2.05, 4.69) is 12.2 Å². The summed E-state index contributed by atoms with van der Waals surface area (Å²) in [5, 5.41) is 3.31. The van der Waals surface area contributed by atoms with Crippen molar-refractivity contribution in [1.82, 2.24) is 10.2 Å². The van der Waals surface area contributed by atoms with Gasteiger partial charge in [0.15, 0.2) is 0 Å². The molecule has 24 heavy (non-hydrogen) atoms. The number of hydrogen-bond donors (Lipinski definition) is 1. The Bertz CT molecular complexity index is 511. The Labute approximate surface area is 144 Å². The van der Waals surface area contributed by atoms with Gasteiger partial charge in [-0.15, -0.1) is 0 Å². The molecule has 0 aromatic heterocycles. The predicted molar refractivity (Wildman–Crippen MR) is 90.3 cm³/mol. The van der Waals surface area contributed by atoms with Crippen molar-refractivity contribution in [2.24, 2.45) is 11.3 Å². The molecule has 1 saturated heterocycles. The first-order chi connectivity index (χ1) is 11.7. The predicted octanol–water partition coefficient (Wildman–Crippen LogP) is 2.24. The average Bonchev–Trinajstić information content (AvgIpc) is 3.10. The summed E-state index contributed by atoms with van der Waals surface area (Å²) in [6, 6.07) is 0.00484. The Kier molecular flexibility index (Phi) is 4.31. The van der Waals surface area contributed by atoms with Crippen LogP contribution in [0.1, 0.15) is 64.7 Å². The molecule has 4 rings (SSSR count). The van der Waals surface area contributed by atoms with Crippen LogP contribution in [0.25, 0.3) is 0 Å². The van der Waals surface area contributed by atoms with Gasteiger partial charge in [0.05, 0.1) is 6.10 Å². The van der Waals surface area contributed by atoms with Gasteiger partial charge in [-0.05, 0) is 51.9 Å². The van der Waals surface area contributed by atoms with E-state index in [0.29, 0.717) is 6.10 Å². The maximum atomic E-state index is 12.9. The minimum absolute atomic E-state index is 0.0766. The number of likely N-dealkylation sites (tertiary alicyclic amines) is 1. The lowest BCUT2D eigenvalue weighted by molar-refractivity contribution is -0.150. The van der Waals surface area contributed by atoms with E-state index >= 15 is 0 Å². The summed E-state index contributed by atoms with van der Waals surface area (Å²) in [7, 11) is 0. The lowest BCUT2D eigenvalue weighted by atomic mass is 9.60. The molecule has 1 N–H and O–H groups in total. The molecular formula is C19H30N2O3. The molecule has 1 spiro atoms. The highest BCUT2D eigenvalue weighted by Gasteiger charge is 2.57. The van der Waals surface area contributed by atoms with E-state index in [1.165, 1.54) is 12.8 Å². The van der Waals surface area contributed by atoms with E-state index in [9.17, 15) is 9.59 Å². The molecule has 0 bridgehead atoms. The van der Waals surface area contributed by atoms with Gasteiger partial charge in [-0.2, -0.15) is 0 Å². The van der Waals surface area contributed by atoms with Crippen molar-refractivity contribution in [3.63, 3.8) is 0 Å². The van der Waals surface area contributed by atoms with Crippen molar-refractivity contribution >= 4 is 11.8 Å². The largest absolute Gasteiger partial charge is 0.378 e. The molecule has 1 heterocycles. The maximum Gasteiger partial charge on any atom is 0.243 e. The van der Waals surface area contributed by atoms with Gasteiger partial charge in [0.25, 0.3) is 0 Å². The summed E-state index contributed by atoms with van der Waals surface area (Å²) in [4.78, 5) is 27.1. The highest BCUT2D eigenvalue weighted by atomic mass is 16.5. The zero-order valence-corrected chi connectivity index (χ0v) is 14.8. The summed E-state index contributed by atoms with van der Waals surface area (Å²) in [6.45, 7) is 3.55. The minimum atomic E-state index is -0.234. The number of carbonyl (C=O) groups excluding carboxylic acids is 2. The molecule has 0 aromatic rings. The molecule has 4 fully saturated rings. The molecule has 134 valence electrons. The summed E-state index contributed by atoms with van der Waals surface area (Å²) >= 11 is 0. The first kappa shape index (κ1) is 16.4. The molecule has 4 aliphatic rings. The van der Waals surface area contributed by atoms with Crippen LogP contribution in [0.15, 0.2) is 0 Å². The van der Waals surface area contributed by atoms with Gasteiger partial charge in [0.1, 0.15) is 6.04 Å². The van der Waals surface area contributed by atoms with Crippen LogP contribution in [0.5, 0.6) is 0 Å². The number of hydrogen-bond acceptors (Lipinski definition) is 3. The number of ether oxygens (including phenoxy) is 1. The molecular weight excluding hydrogens is 304 g/mol. The van der Waals surface area contributed by atoms with Crippen LogP contribution in [0, 0.1) is 11.3 Å². The second kappa shape index (κ2) is 6.32. The van der Waals surface area contributed by atoms with Crippen LogP contribution in [0.3, 0.4) is 0 Å². The van der Waals surface area contributed by atoms with Crippen LogP contribution in [-0.4, -0.2) is 48.1 Å². The minimum Gasteiger partial charge on any atom is -0.378 e. The van der Waals surface area contributed by atoms with Crippen LogP contribution in [0.4, 0.5) is 0 Å². The van der Waals surface area contributed by atoms with Crippen molar-refractivity contribution < 1.29 is 14.3 Å². The van der Waals surface area contributed by atoms with Crippen LogP contribution >= 0.6 is 0 Å². The summed E-state index contributed by atoms with van der Waals surface area (Å²) in [5.41, 5.74) is 0.162. The normalized spacial score (nSPS) is 34.4. The van der Waals surface area contributed by atoms with Crippen molar-refractivity contribution in [1.29, 1.82) is 0 Å².